The minimum absolute atomic E-state index is 0.0635. The van der Waals surface area contributed by atoms with Gasteiger partial charge in [0, 0.05) is 12.6 Å². The van der Waals surface area contributed by atoms with E-state index in [9.17, 15) is 9.59 Å². The number of ether oxygens (including phenoxy) is 1. The number of aliphatic hydroxyl groups excluding tert-OH is 1. The summed E-state index contributed by atoms with van der Waals surface area (Å²) >= 11 is 0. The van der Waals surface area contributed by atoms with E-state index >= 15 is 0 Å². The summed E-state index contributed by atoms with van der Waals surface area (Å²) in [6, 6.07) is 0. The standard InChI is InChI=1S/C10H14N2O4/c1-7(13)4-8(14)12-2-3-16-6-10(12)5-11-9(10)15/h4,13H,2-3,5-6H2,1H3,(H,11,15)/b7-4-. The summed E-state index contributed by atoms with van der Waals surface area (Å²) in [4.78, 5) is 24.8. The maximum atomic E-state index is 11.8. The van der Waals surface area contributed by atoms with Gasteiger partial charge in [0.15, 0.2) is 5.54 Å². The van der Waals surface area contributed by atoms with Crippen LogP contribution in [0.1, 0.15) is 6.92 Å². The van der Waals surface area contributed by atoms with Gasteiger partial charge in [0.2, 0.25) is 5.91 Å². The minimum Gasteiger partial charge on any atom is -0.512 e. The molecule has 0 aromatic heterocycles. The Kier molecular flexibility index (Phi) is 2.59. The van der Waals surface area contributed by atoms with E-state index in [0.717, 1.165) is 6.08 Å². The van der Waals surface area contributed by atoms with Crippen molar-refractivity contribution in [3.63, 3.8) is 0 Å². The zero-order valence-electron chi connectivity index (χ0n) is 9.02. The lowest BCUT2D eigenvalue weighted by Crippen LogP contribution is -2.77. The van der Waals surface area contributed by atoms with Crippen LogP contribution in [-0.2, 0) is 14.3 Å². The molecule has 88 valence electrons. The highest BCUT2D eigenvalue weighted by molar-refractivity contribution is 5.99. The fourth-order valence-electron chi connectivity index (χ4n) is 1.97. The van der Waals surface area contributed by atoms with Gasteiger partial charge >= 0.3 is 0 Å². The smallest absolute Gasteiger partial charge is 0.251 e. The average Bonchev–Trinajstić information content (AvgIpc) is 2.26. The van der Waals surface area contributed by atoms with Crippen molar-refractivity contribution >= 4 is 11.8 Å². The van der Waals surface area contributed by atoms with Crippen LogP contribution < -0.4 is 5.32 Å². The Morgan fingerprint density at radius 3 is 2.94 bits per heavy atom. The molecule has 6 nitrogen and oxygen atoms in total. The lowest BCUT2D eigenvalue weighted by molar-refractivity contribution is -0.167. The molecule has 1 unspecified atom stereocenters. The number of amides is 2. The lowest BCUT2D eigenvalue weighted by Gasteiger charge is -2.50. The van der Waals surface area contributed by atoms with Gasteiger partial charge in [-0.25, -0.2) is 0 Å². The van der Waals surface area contributed by atoms with Gasteiger partial charge in [0.1, 0.15) is 0 Å². The molecule has 0 saturated carbocycles. The predicted molar refractivity (Wildman–Crippen MR) is 54.7 cm³/mol. The molecule has 16 heavy (non-hydrogen) atoms. The summed E-state index contributed by atoms with van der Waals surface area (Å²) < 4.78 is 5.25. The van der Waals surface area contributed by atoms with Crippen molar-refractivity contribution in [3.05, 3.63) is 11.8 Å². The van der Waals surface area contributed by atoms with Gasteiger partial charge in [-0.2, -0.15) is 0 Å². The zero-order chi connectivity index (χ0) is 11.8. The number of carbonyl (C=O) groups excluding carboxylic acids is 2. The van der Waals surface area contributed by atoms with Crippen molar-refractivity contribution in [3.8, 4) is 0 Å². The number of hydrogen-bond donors (Lipinski definition) is 2. The van der Waals surface area contributed by atoms with E-state index in [1.807, 2.05) is 0 Å². The molecule has 0 aromatic rings. The van der Waals surface area contributed by atoms with E-state index in [1.54, 1.807) is 0 Å². The fourth-order valence-corrected chi connectivity index (χ4v) is 1.97. The third-order valence-corrected chi connectivity index (χ3v) is 2.88. The monoisotopic (exact) mass is 226 g/mol. The average molecular weight is 226 g/mol. The molecule has 2 aliphatic rings. The van der Waals surface area contributed by atoms with Crippen LogP contribution in [0.5, 0.6) is 0 Å². The molecule has 2 heterocycles. The number of allylic oxidation sites excluding steroid dienone is 1. The van der Waals surface area contributed by atoms with Gasteiger partial charge in [0.25, 0.3) is 5.91 Å². The molecule has 0 radical (unpaired) electrons. The fraction of sp³-hybridized carbons (Fsp3) is 0.600. The topological polar surface area (TPSA) is 78.9 Å². The van der Waals surface area contributed by atoms with Crippen molar-refractivity contribution in [1.82, 2.24) is 10.2 Å². The van der Waals surface area contributed by atoms with Crippen LogP contribution in [0.2, 0.25) is 0 Å². The van der Waals surface area contributed by atoms with Gasteiger partial charge < -0.3 is 20.1 Å². The first-order chi connectivity index (χ1) is 7.56. The molecule has 2 N–H and O–H groups in total. The SMILES string of the molecule is C/C(O)=C/C(=O)N1CCOCC12CNC2=O. The molecule has 1 atom stereocenters. The maximum Gasteiger partial charge on any atom is 0.251 e. The summed E-state index contributed by atoms with van der Waals surface area (Å²) in [5.74, 6) is -0.603. The normalized spacial score (nSPS) is 29.9. The number of aliphatic hydroxyl groups is 1. The van der Waals surface area contributed by atoms with E-state index in [0.29, 0.717) is 19.7 Å². The molecule has 0 aromatic carbocycles. The molecule has 0 aliphatic carbocycles. The summed E-state index contributed by atoms with van der Waals surface area (Å²) in [7, 11) is 0. The second kappa shape index (κ2) is 3.79. The van der Waals surface area contributed by atoms with Crippen molar-refractivity contribution in [1.29, 1.82) is 0 Å². The minimum atomic E-state index is -0.860. The van der Waals surface area contributed by atoms with Crippen LogP contribution in [0.4, 0.5) is 0 Å². The molecule has 2 saturated heterocycles. The van der Waals surface area contributed by atoms with Crippen LogP contribution in [0.15, 0.2) is 11.8 Å². The second-order valence-electron chi connectivity index (χ2n) is 4.04. The Labute approximate surface area is 92.9 Å². The first kappa shape index (κ1) is 10.9. The van der Waals surface area contributed by atoms with E-state index in [-0.39, 0.29) is 24.2 Å². The molecule has 2 rings (SSSR count). The van der Waals surface area contributed by atoms with Gasteiger partial charge in [-0.05, 0) is 6.92 Å². The van der Waals surface area contributed by atoms with E-state index < -0.39 is 5.54 Å². The van der Waals surface area contributed by atoms with Gasteiger partial charge in [0.05, 0.1) is 25.5 Å². The van der Waals surface area contributed by atoms with Gasteiger partial charge in [-0.1, -0.05) is 0 Å². The summed E-state index contributed by atoms with van der Waals surface area (Å²) in [5, 5.41) is 11.7. The molecule has 1 spiro atoms. The molecular formula is C10H14N2O4. The number of β-lactam (4-membered cyclic amide) rings is 1. The maximum absolute atomic E-state index is 11.8. The number of nitrogens with one attached hydrogen (secondary N) is 1. The Morgan fingerprint density at radius 2 is 2.44 bits per heavy atom. The van der Waals surface area contributed by atoms with Crippen LogP contribution >= 0.6 is 0 Å². The molecule has 2 fully saturated rings. The van der Waals surface area contributed by atoms with Crippen LogP contribution in [-0.4, -0.2) is 53.7 Å². The molecular weight excluding hydrogens is 212 g/mol. The Morgan fingerprint density at radius 1 is 1.69 bits per heavy atom. The van der Waals surface area contributed by atoms with E-state index in [4.69, 9.17) is 9.84 Å². The summed E-state index contributed by atoms with van der Waals surface area (Å²) in [6.45, 7) is 2.85. The number of rotatable bonds is 1. The molecule has 2 amide bonds. The van der Waals surface area contributed by atoms with Crippen LogP contribution in [0.3, 0.4) is 0 Å². The van der Waals surface area contributed by atoms with Crippen molar-refractivity contribution in [2.75, 3.05) is 26.3 Å². The first-order valence-electron chi connectivity index (χ1n) is 5.11. The molecule has 0 bridgehead atoms. The van der Waals surface area contributed by atoms with Crippen molar-refractivity contribution in [2.24, 2.45) is 0 Å². The number of carbonyl (C=O) groups is 2. The first-order valence-corrected chi connectivity index (χ1v) is 5.11. The summed E-state index contributed by atoms with van der Waals surface area (Å²) in [5.41, 5.74) is -0.860. The Bertz CT molecular complexity index is 362. The van der Waals surface area contributed by atoms with Gasteiger partial charge in [-0.15, -0.1) is 0 Å². The zero-order valence-corrected chi connectivity index (χ0v) is 9.02. The molecule has 6 heteroatoms. The highest BCUT2D eigenvalue weighted by Gasteiger charge is 2.54. The number of morpholine rings is 1. The van der Waals surface area contributed by atoms with Crippen molar-refractivity contribution < 1.29 is 19.4 Å². The third-order valence-electron chi connectivity index (χ3n) is 2.88. The Hall–Kier alpha value is -1.56. The third kappa shape index (κ3) is 1.55. The number of hydrogen-bond acceptors (Lipinski definition) is 4. The lowest BCUT2D eigenvalue weighted by atomic mass is 9.88. The van der Waals surface area contributed by atoms with E-state index in [1.165, 1.54) is 11.8 Å². The molecule has 2 aliphatic heterocycles. The highest BCUT2D eigenvalue weighted by Crippen LogP contribution is 2.26. The highest BCUT2D eigenvalue weighted by atomic mass is 16.5. The largest absolute Gasteiger partial charge is 0.512 e. The van der Waals surface area contributed by atoms with Gasteiger partial charge in [-0.3, -0.25) is 9.59 Å². The van der Waals surface area contributed by atoms with Crippen molar-refractivity contribution in [2.45, 2.75) is 12.5 Å². The van der Waals surface area contributed by atoms with E-state index in [2.05, 4.69) is 5.32 Å². The van der Waals surface area contributed by atoms with Crippen LogP contribution in [0.25, 0.3) is 0 Å². The number of nitrogens with zero attached hydrogens (tertiary/aromatic N) is 1. The Balaban J connectivity index is 2.21. The van der Waals surface area contributed by atoms with Crippen LogP contribution in [0, 0.1) is 0 Å². The second-order valence-corrected chi connectivity index (χ2v) is 4.04. The quantitative estimate of drug-likeness (QED) is 0.348. The summed E-state index contributed by atoms with van der Waals surface area (Å²) in [6.07, 6.45) is 1.12. The predicted octanol–water partition coefficient (Wildman–Crippen LogP) is -0.824.